The molecule has 0 N–H and O–H groups in total. The maximum atomic E-state index is 11.5. The van der Waals surface area contributed by atoms with Crippen molar-refractivity contribution in [3.63, 3.8) is 0 Å². The second kappa shape index (κ2) is 6.28. The topological polar surface area (TPSA) is 35.5 Å². The van der Waals surface area contributed by atoms with Crippen LogP contribution < -0.4 is 9.47 Å². The molecule has 0 bridgehead atoms. The van der Waals surface area contributed by atoms with Crippen LogP contribution in [0.4, 0.5) is 0 Å². The molecule has 0 radical (unpaired) electrons. The molecule has 0 amide bonds. The highest BCUT2D eigenvalue weighted by atomic mass is 16.6. The Morgan fingerprint density at radius 3 is 2.47 bits per heavy atom. The van der Waals surface area contributed by atoms with E-state index in [9.17, 15) is 4.79 Å². The smallest absolute Gasteiger partial charge is 0.313 e. The second-order valence-corrected chi connectivity index (χ2v) is 4.14. The summed E-state index contributed by atoms with van der Waals surface area (Å²) < 4.78 is 10.8. The van der Waals surface area contributed by atoms with Crippen LogP contribution in [0.15, 0.2) is 18.2 Å². The second-order valence-electron chi connectivity index (χ2n) is 4.14. The molecular formula is C14H20O3. The molecule has 3 nitrogen and oxygen atoms in total. The van der Waals surface area contributed by atoms with E-state index in [2.05, 4.69) is 6.92 Å². The van der Waals surface area contributed by atoms with Gasteiger partial charge >= 0.3 is 5.97 Å². The third-order valence-corrected chi connectivity index (χ3v) is 2.40. The Balaban J connectivity index is 2.93. The molecule has 0 fully saturated rings. The Bertz CT molecular complexity index is 383. The molecule has 1 aromatic carbocycles. The fourth-order valence-corrected chi connectivity index (χ4v) is 1.35. The molecule has 0 aromatic heterocycles. The van der Waals surface area contributed by atoms with Gasteiger partial charge in [0.05, 0.1) is 12.5 Å². The van der Waals surface area contributed by atoms with Gasteiger partial charge in [-0.3, -0.25) is 4.79 Å². The summed E-state index contributed by atoms with van der Waals surface area (Å²) >= 11 is 0. The summed E-state index contributed by atoms with van der Waals surface area (Å²) in [5.74, 6) is 0.758. The third kappa shape index (κ3) is 3.77. The van der Waals surface area contributed by atoms with E-state index in [0.29, 0.717) is 18.1 Å². The van der Waals surface area contributed by atoms with Crippen LogP contribution in [0.5, 0.6) is 11.5 Å². The van der Waals surface area contributed by atoms with E-state index < -0.39 is 0 Å². The molecule has 1 rings (SSSR count). The lowest BCUT2D eigenvalue weighted by Gasteiger charge is -2.12. The maximum absolute atomic E-state index is 11.5. The first-order chi connectivity index (χ1) is 8.08. The number of aryl methyl sites for hydroxylation is 1. The lowest BCUT2D eigenvalue weighted by atomic mass is 10.1. The monoisotopic (exact) mass is 236 g/mol. The van der Waals surface area contributed by atoms with E-state index in [0.717, 1.165) is 12.0 Å². The van der Waals surface area contributed by atoms with Crippen molar-refractivity contribution in [1.82, 2.24) is 0 Å². The first-order valence-electron chi connectivity index (χ1n) is 6.05. The molecule has 0 aliphatic carbocycles. The fourth-order valence-electron chi connectivity index (χ4n) is 1.35. The highest BCUT2D eigenvalue weighted by Crippen LogP contribution is 2.29. The number of rotatable bonds is 5. The fraction of sp³-hybridized carbons (Fsp3) is 0.500. The molecule has 0 unspecified atom stereocenters. The van der Waals surface area contributed by atoms with E-state index in [-0.39, 0.29) is 11.9 Å². The van der Waals surface area contributed by atoms with E-state index >= 15 is 0 Å². The van der Waals surface area contributed by atoms with Crippen molar-refractivity contribution in [3.8, 4) is 11.5 Å². The van der Waals surface area contributed by atoms with E-state index in [1.165, 1.54) is 0 Å². The van der Waals surface area contributed by atoms with Gasteiger partial charge in [-0.25, -0.2) is 0 Å². The largest absolute Gasteiger partial charge is 0.490 e. The van der Waals surface area contributed by atoms with Gasteiger partial charge in [0.1, 0.15) is 0 Å². The summed E-state index contributed by atoms with van der Waals surface area (Å²) in [7, 11) is 0. The van der Waals surface area contributed by atoms with Gasteiger partial charge in [-0.05, 0) is 31.0 Å². The van der Waals surface area contributed by atoms with Gasteiger partial charge in [-0.2, -0.15) is 0 Å². The van der Waals surface area contributed by atoms with Gasteiger partial charge in [0.25, 0.3) is 0 Å². The standard InChI is InChI=1S/C14H20O3/c1-5-11-7-8-12(13(9-11)16-6-2)17-14(15)10(3)4/h7-10H,5-6H2,1-4H3. The molecule has 0 saturated carbocycles. The summed E-state index contributed by atoms with van der Waals surface area (Å²) in [5, 5.41) is 0. The van der Waals surface area contributed by atoms with Crippen molar-refractivity contribution in [2.75, 3.05) is 6.61 Å². The Kier molecular flexibility index (Phi) is 5.01. The van der Waals surface area contributed by atoms with Crippen LogP contribution >= 0.6 is 0 Å². The quantitative estimate of drug-likeness (QED) is 0.581. The normalized spacial score (nSPS) is 10.4. The molecule has 3 heteroatoms. The zero-order valence-corrected chi connectivity index (χ0v) is 10.9. The predicted molar refractivity (Wildman–Crippen MR) is 67.5 cm³/mol. The predicted octanol–water partition coefficient (Wildman–Crippen LogP) is 3.21. The minimum atomic E-state index is -0.241. The first kappa shape index (κ1) is 13.6. The summed E-state index contributed by atoms with van der Waals surface area (Å²) in [6, 6.07) is 5.67. The molecule has 0 heterocycles. The molecule has 0 aliphatic rings. The van der Waals surface area contributed by atoms with Gasteiger partial charge in [0.2, 0.25) is 0 Å². The van der Waals surface area contributed by atoms with Crippen LogP contribution in [0.3, 0.4) is 0 Å². The van der Waals surface area contributed by atoms with Crippen molar-refractivity contribution in [2.24, 2.45) is 5.92 Å². The van der Waals surface area contributed by atoms with Crippen LogP contribution in [0.25, 0.3) is 0 Å². The summed E-state index contributed by atoms with van der Waals surface area (Å²) in [6.45, 7) is 8.16. The van der Waals surface area contributed by atoms with Crippen LogP contribution in [-0.4, -0.2) is 12.6 Å². The number of ether oxygens (including phenoxy) is 2. The molecule has 1 aromatic rings. The number of hydrogen-bond donors (Lipinski definition) is 0. The van der Waals surface area contributed by atoms with Gasteiger partial charge in [0.15, 0.2) is 11.5 Å². The van der Waals surface area contributed by atoms with Crippen molar-refractivity contribution >= 4 is 5.97 Å². The zero-order chi connectivity index (χ0) is 12.8. The van der Waals surface area contributed by atoms with Crippen molar-refractivity contribution in [3.05, 3.63) is 23.8 Å². The lowest BCUT2D eigenvalue weighted by Crippen LogP contribution is -2.15. The van der Waals surface area contributed by atoms with Gasteiger partial charge in [0, 0.05) is 0 Å². The van der Waals surface area contributed by atoms with Crippen molar-refractivity contribution in [1.29, 1.82) is 0 Å². The SMILES string of the molecule is CCOc1cc(CC)ccc1OC(=O)C(C)C. The molecular weight excluding hydrogens is 216 g/mol. The van der Waals surface area contributed by atoms with E-state index in [1.54, 1.807) is 6.07 Å². The Labute approximate surface area is 103 Å². The summed E-state index contributed by atoms with van der Waals surface area (Å²) in [6.07, 6.45) is 0.929. The Hall–Kier alpha value is -1.51. The summed E-state index contributed by atoms with van der Waals surface area (Å²) in [4.78, 5) is 11.5. The minimum absolute atomic E-state index is 0.143. The third-order valence-electron chi connectivity index (χ3n) is 2.40. The highest BCUT2D eigenvalue weighted by Gasteiger charge is 2.13. The van der Waals surface area contributed by atoms with Gasteiger partial charge in [-0.1, -0.05) is 26.8 Å². The van der Waals surface area contributed by atoms with Gasteiger partial charge in [-0.15, -0.1) is 0 Å². The number of carbonyl (C=O) groups excluding carboxylic acids is 1. The van der Waals surface area contributed by atoms with Crippen molar-refractivity contribution in [2.45, 2.75) is 34.1 Å². The van der Waals surface area contributed by atoms with Crippen LogP contribution in [0, 0.1) is 5.92 Å². The number of carbonyl (C=O) groups is 1. The maximum Gasteiger partial charge on any atom is 0.313 e. The molecule has 0 atom stereocenters. The minimum Gasteiger partial charge on any atom is -0.490 e. The van der Waals surface area contributed by atoms with Crippen LogP contribution in [0.2, 0.25) is 0 Å². The lowest BCUT2D eigenvalue weighted by molar-refractivity contribution is -0.137. The average molecular weight is 236 g/mol. The van der Waals surface area contributed by atoms with Crippen LogP contribution in [0.1, 0.15) is 33.3 Å². The summed E-state index contributed by atoms with van der Waals surface area (Å²) in [5.41, 5.74) is 1.16. The average Bonchev–Trinajstić information content (AvgIpc) is 2.31. The molecule has 0 spiro atoms. The number of benzene rings is 1. The Morgan fingerprint density at radius 2 is 1.94 bits per heavy atom. The first-order valence-corrected chi connectivity index (χ1v) is 6.05. The van der Waals surface area contributed by atoms with E-state index in [4.69, 9.17) is 9.47 Å². The number of esters is 1. The molecule has 94 valence electrons. The van der Waals surface area contributed by atoms with Crippen molar-refractivity contribution < 1.29 is 14.3 Å². The number of hydrogen-bond acceptors (Lipinski definition) is 3. The highest BCUT2D eigenvalue weighted by molar-refractivity contribution is 5.75. The zero-order valence-electron chi connectivity index (χ0n) is 10.9. The Morgan fingerprint density at radius 1 is 1.24 bits per heavy atom. The van der Waals surface area contributed by atoms with Gasteiger partial charge < -0.3 is 9.47 Å². The molecule has 0 saturated heterocycles. The molecule has 17 heavy (non-hydrogen) atoms. The molecule has 0 aliphatic heterocycles. The van der Waals surface area contributed by atoms with E-state index in [1.807, 2.05) is 32.9 Å². The van der Waals surface area contributed by atoms with Crippen LogP contribution in [-0.2, 0) is 11.2 Å².